The average molecular weight is 389 g/mol. The minimum Gasteiger partial charge on any atom is -0.358 e. The fourth-order valence-electron chi connectivity index (χ4n) is 4.50. The van der Waals surface area contributed by atoms with Gasteiger partial charge in [-0.15, -0.1) is 0 Å². The largest absolute Gasteiger partial charge is 0.358 e. The first-order valence-corrected chi connectivity index (χ1v) is 12.0. The maximum Gasteiger partial charge on any atom is 0.254 e. The van der Waals surface area contributed by atoms with E-state index in [4.69, 9.17) is 0 Å². The van der Waals surface area contributed by atoms with Gasteiger partial charge < -0.3 is 9.88 Å². The predicted octanol–water partition coefficient (Wildman–Crippen LogP) is 3.48. The fourth-order valence-corrected chi connectivity index (χ4v) is 6.24. The number of nitrogens with zero attached hydrogens (tertiary/aromatic N) is 1. The lowest BCUT2D eigenvalue weighted by Gasteiger charge is -2.28. The minimum absolute atomic E-state index is 0.0294. The number of rotatable bonds is 5. The third-order valence-corrected chi connectivity index (χ3v) is 7.76. The van der Waals surface area contributed by atoms with Gasteiger partial charge in [0.2, 0.25) is 0 Å². The zero-order valence-electron chi connectivity index (χ0n) is 16.0. The molecule has 0 bridgehead atoms. The standard InChI is InChI=1S/C21H28N2O3S/c1-2-3-11-23(16-10-12-27(25,26)14-16)21(24)15-8-9-20-18(13-15)17-6-4-5-7-19(17)22-20/h8-9,13,16,22H,2-7,10-12,14H2,1H3. The summed E-state index contributed by atoms with van der Waals surface area (Å²) in [5.74, 6) is 0.264. The molecule has 6 heteroatoms. The van der Waals surface area contributed by atoms with E-state index in [1.165, 1.54) is 24.1 Å². The highest BCUT2D eigenvalue weighted by molar-refractivity contribution is 7.91. The van der Waals surface area contributed by atoms with Crippen molar-refractivity contribution in [2.45, 2.75) is 57.9 Å². The highest BCUT2D eigenvalue weighted by atomic mass is 32.2. The Morgan fingerprint density at radius 3 is 2.81 bits per heavy atom. The third kappa shape index (κ3) is 3.64. The van der Waals surface area contributed by atoms with Crippen LogP contribution in [0.15, 0.2) is 18.2 Å². The molecule has 0 saturated carbocycles. The number of hydrogen-bond donors (Lipinski definition) is 1. The van der Waals surface area contributed by atoms with Crippen molar-refractivity contribution >= 4 is 26.6 Å². The van der Waals surface area contributed by atoms with E-state index in [9.17, 15) is 13.2 Å². The van der Waals surface area contributed by atoms with Crippen LogP contribution >= 0.6 is 0 Å². The lowest BCUT2D eigenvalue weighted by atomic mass is 9.95. The summed E-state index contributed by atoms with van der Waals surface area (Å²) in [4.78, 5) is 18.6. The number of aromatic amines is 1. The fraction of sp³-hybridized carbons (Fsp3) is 0.571. The second-order valence-corrected chi connectivity index (χ2v) is 10.2. The van der Waals surface area contributed by atoms with E-state index in [1.807, 2.05) is 23.1 Å². The summed E-state index contributed by atoms with van der Waals surface area (Å²) in [6.45, 7) is 2.71. The molecule has 1 aromatic carbocycles. The molecule has 4 rings (SSSR count). The molecule has 1 aliphatic carbocycles. The average Bonchev–Trinajstić information content (AvgIpc) is 3.21. The topological polar surface area (TPSA) is 70.2 Å². The molecule has 1 fully saturated rings. The summed E-state index contributed by atoms with van der Waals surface area (Å²) in [6.07, 6.45) is 6.98. The summed E-state index contributed by atoms with van der Waals surface area (Å²) in [5, 5.41) is 1.16. The highest BCUT2D eigenvalue weighted by Crippen LogP contribution is 2.30. The van der Waals surface area contributed by atoms with Crippen LogP contribution in [0.5, 0.6) is 0 Å². The Hall–Kier alpha value is -1.82. The predicted molar refractivity (Wildman–Crippen MR) is 108 cm³/mol. The lowest BCUT2D eigenvalue weighted by Crippen LogP contribution is -2.41. The van der Waals surface area contributed by atoms with Crippen molar-refractivity contribution in [3.8, 4) is 0 Å². The molecule has 0 spiro atoms. The van der Waals surface area contributed by atoms with Crippen molar-refractivity contribution in [3.63, 3.8) is 0 Å². The summed E-state index contributed by atoms with van der Waals surface area (Å²) in [6, 6.07) is 5.71. The monoisotopic (exact) mass is 388 g/mol. The van der Waals surface area contributed by atoms with Crippen LogP contribution in [0.3, 0.4) is 0 Å². The number of benzene rings is 1. The van der Waals surface area contributed by atoms with E-state index in [0.717, 1.165) is 36.6 Å². The molecule has 1 atom stereocenters. The molecular weight excluding hydrogens is 360 g/mol. The molecule has 1 N–H and O–H groups in total. The molecule has 1 aliphatic heterocycles. The number of aryl methyl sites for hydroxylation is 2. The number of H-pyrrole nitrogens is 1. The van der Waals surface area contributed by atoms with Gasteiger partial charge in [-0.2, -0.15) is 0 Å². The summed E-state index contributed by atoms with van der Waals surface area (Å²) in [5.41, 5.74) is 4.44. The van der Waals surface area contributed by atoms with Gasteiger partial charge in [-0.25, -0.2) is 8.42 Å². The van der Waals surface area contributed by atoms with Gasteiger partial charge in [0.15, 0.2) is 9.84 Å². The number of hydrogen-bond acceptors (Lipinski definition) is 3. The van der Waals surface area contributed by atoms with Gasteiger partial charge in [0.1, 0.15) is 0 Å². The van der Waals surface area contributed by atoms with E-state index in [1.54, 1.807) is 0 Å². The molecule has 1 saturated heterocycles. The number of aromatic nitrogens is 1. The van der Waals surface area contributed by atoms with Gasteiger partial charge in [0.25, 0.3) is 5.91 Å². The normalized spacial score (nSPS) is 21.3. The second-order valence-electron chi connectivity index (χ2n) is 7.96. The van der Waals surface area contributed by atoms with Crippen LogP contribution in [-0.4, -0.2) is 48.3 Å². The molecule has 2 heterocycles. The molecule has 1 aromatic heterocycles. The Bertz CT molecular complexity index is 961. The number of carbonyl (C=O) groups is 1. The zero-order valence-corrected chi connectivity index (χ0v) is 16.8. The number of unbranched alkanes of at least 4 members (excludes halogenated alkanes) is 1. The Balaban J connectivity index is 1.66. The first-order chi connectivity index (χ1) is 13.0. The summed E-state index contributed by atoms with van der Waals surface area (Å²) in [7, 11) is -3.02. The SMILES string of the molecule is CCCCN(C(=O)c1ccc2[nH]c3c(c2c1)CCCC3)C1CCS(=O)(=O)C1. The molecule has 27 heavy (non-hydrogen) atoms. The van der Waals surface area contributed by atoms with Crippen LogP contribution in [0, 0.1) is 0 Å². The number of nitrogens with one attached hydrogen (secondary N) is 1. The Morgan fingerprint density at radius 2 is 2.07 bits per heavy atom. The van der Waals surface area contributed by atoms with Gasteiger partial charge in [-0.05, 0) is 62.3 Å². The van der Waals surface area contributed by atoms with Crippen molar-refractivity contribution < 1.29 is 13.2 Å². The molecular formula is C21H28N2O3S. The molecule has 0 radical (unpaired) electrons. The lowest BCUT2D eigenvalue weighted by molar-refractivity contribution is 0.0694. The van der Waals surface area contributed by atoms with Crippen molar-refractivity contribution in [3.05, 3.63) is 35.0 Å². The van der Waals surface area contributed by atoms with Crippen molar-refractivity contribution in [1.29, 1.82) is 0 Å². The van der Waals surface area contributed by atoms with Crippen LogP contribution in [0.1, 0.15) is 60.6 Å². The van der Waals surface area contributed by atoms with Crippen LogP contribution in [-0.2, 0) is 22.7 Å². The molecule has 2 aliphatic rings. The second kappa shape index (κ2) is 7.30. The van der Waals surface area contributed by atoms with E-state index in [2.05, 4.69) is 11.9 Å². The first kappa shape index (κ1) is 18.5. The Morgan fingerprint density at radius 1 is 1.26 bits per heavy atom. The Labute approximate surface area is 161 Å². The number of sulfone groups is 1. The first-order valence-electron chi connectivity index (χ1n) is 10.1. The summed E-state index contributed by atoms with van der Waals surface area (Å²) >= 11 is 0. The highest BCUT2D eigenvalue weighted by Gasteiger charge is 2.34. The quantitative estimate of drug-likeness (QED) is 0.852. The molecule has 1 unspecified atom stereocenters. The van der Waals surface area contributed by atoms with Crippen LogP contribution < -0.4 is 0 Å². The van der Waals surface area contributed by atoms with E-state index in [0.29, 0.717) is 18.5 Å². The zero-order chi connectivity index (χ0) is 19.0. The van der Waals surface area contributed by atoms with Gasteiger partial charge in [-0.1, -0.05) is 13.3 Å². The smallest absolute Gasteiger partial charge is 0.254 e. The van der Waals surface area contributed by atoms with Gasteiger partial charge in [0, 0.05) is 34.7 Å². The van der Waals surface area contributed by atoms with E-state index in [-0.39, 0.29) is 23.5 Å². The molecule has 146 valence electrons. The van der Waals surface area contributed by atoms with E-state index >= 15 is 0 Å². The van der Waals surface area contributed by atoms with Gasteiger partial charge >= 0.3 is 0 Å². The molecule has 2 aromatic rings. The summed E-state index contributed by atoms with van der Waals surface area (Å²) < 4.78 is 23.9. The van der Waals surface area contributed by atoms with Crippen molar-refractivity contribution in [1.82, 2.24) is 9.88 Å². The van der Waals surface area contributed by atoms with Crippen molar-refractivity contribution in [2.75, 3.05) is 18.1 Å². The van der Waals surface area contributed by atoms with E-state index < -0.39 is 9.84 Å². The van der Waals surface area contributed by atoms with Gasteiger partial charge in [0.05, 0.1) is 11.5 Å². The van der Waals surface area contributed by atoms with Gasteiger partial charge in [-0.3, -0.25) is 4.79 Å². The number of fused-ring (bicyclic) bond motifs is 3. The van der Waals surface area contributed by atoms with Crippen LogP contribution in [0.2, 0.25) is 0 Å². The maximum absolute atomic E-state index is 13.3. The van der Waals surface area contributed by atoms with Crippen molar-refractivity contribution in [2.24, 2.45) is 0 Å². The maximum atomic E-state index is 13.3. The molecule has 1 amide bonds. The van der Waals surface area contributed by atoms with Crippen LogP contribution in [0.4, 0.5) is 0 Å². The number of carbonyl (C=O) groups excluding carboxylic acids is 1. The number of amides is 1. The van der Waals surface area contributed by atoms with Crippen LogP contribution in [0.25, 0.3) is 10.9 Å². The molecule has 5 nitrogen and oxygen atoms in total. The minimum atomic E-state index is -3.02. The Kier molecular flexibility index (Phi) is 5.01. The third-order valence-electron chi connectivity index (χ3n) is 6.01.